The van der Waals surface area contributed by atoms with Crippen LogP contribution < -0.4 is 0 Å². The van der Waals surface area contributed by atoms with Crippen LogP contribution in [0.2, 0.25) is 0 Å². The van der Waals surface area contributed by atoms with Crippen LogP contribution in [-0.2, 0) is 14.3 Å². The summed E-state index contributed by atoms with van der Waals surface area (Å²) in [6.45, 7) is 14.9. The van der Waals surface area contributed by atoms with E-state index in [9.17, 15) is 4.79 Å². The highest BCUT2D eigenvalue weighted by atomic mass is 16.6. The Balaban J connectivity index is 2.05. The minimum atomic E-state index is -0.560. The van der Waals surface area contributed by atoms with E-state index in [4.69, 9.17) is 9.47 Å². The van der Waals surface area contributed by atoms with Crippen molar-refractivity contribution >= 4 is 5.97 Å². The van der Waals surface area contributed by atoms with Gasteiger partial charge in [0.25, 0.3) is 0 Å². The minimum Gasteiger partial charge on any atom is -0.457 e. The van der Waals surface area contributed by atoms with E-state index in [1.165, 1.54) is 24.5 Å². The van der Waals surface area contributed by atoms with Gasteiger partial charge in [-0.1, -0.05) is 37.6 Å². The van der Waals surface area contributed by atoms with Gasteiger partial charge in [-0.3, -0.25) is 4.79 Å². The average Bonchev–Trinajstić information content (AvgIpc) is 2.88. The molecule has 3 nitrogen and oxygen atoms in total. The maximum Gasteiger partial charge on any atom is 0.303 e. The normalized spacial score (nSPS) is 43.5. The van der Waals surface area contributed by atoms with Crippen LogP contribution in [0.15, 0.2) is 23.8 Å². The van der Waals surface area contributed by atoms with Crippen LogP contribution in [0.5, 0.6) is 0 Å². The number of hydrogen-bond acceptors (Lipinski definition) is 3. The van der Waals surface area contributed by atoms with E-state index < -0.39 is 5.60 Å². The van der Waals surface area contributed by atoms with Crippen LogP contribution in [0.1, 0.15) is 66.7 Å². The van der Waals surface area contributed by atoms with Crippen LogP contribution in [-0.4, -0.2) is 23.8 Å². The second-order valence-corrected chi connectivity index (χ2v) is 9.00. The van der Waals surface area contributed by atoms with E-state index >= 15 is 0 Å². The van der Waals surface area contributed by atoms with E-state index in [0.29, 0.717) is 23.7 Å². The molecule has 2 heterocycles. The summed E-state index contributed by atoms with van der Waals surface area (Å²) in [5.74, 6) is 1.79. The highest BCUT2D eigenvalue weighted by molar-refractivity contribution is 5.66. The lowest BCUT2D eigenvalue weighted by Gasteiger charge is -2.44. The molecule has 0 N–H and O–H groups in total. The van der Waals surface area contributed by atoms with Gasteiger partial charge in [0.05, 0.1) is 6.10 Å². The topological polar surface area (TPSA) is 35.5 Å². The minimum absolute atomic E-state index is 0.0323. The summed E-state index contributed by atoms with van der Waals surface area (Å²) in [5, 5.41) is 0. The van der Waals surface area contributed by atoms with Crippen LogP contribution in [0.4, 0.5) is 0 Å². The summed E-state index contributed by atoms with van der Waals surface area (Å²) in [7, 11) is 0. The second-order valence-electron chi connectivity index (χ2n) is 9.00. The van der Waals surface area contributed by atoms with Gasteiger partial charge in [-0.25, -0.2) is 0 Å². The van der Waals surface area contributed by atoms with Crippen molar-refractivity contribution in [3.63, 3.8) is 0 Å². The van der Waals surface area contributed by atoms with E-state index in [1.807, 2.05) is 0 Å². The third kappa shape index (κ3) is 3.45. The summed E-state index contributed by atoms with van der Waals surface area (Å²) in [5.41, 5.74) is 2.17. The highest BCUT2D eigenvalue weighted by Gasteiger charge is 2.58. The van der Waals surface area contributed by atoms with Gasteiger partial charge in [0.1, 0.15) is 11.7 Å². The predicted octanol–water partition coefficient (Wildman–Crippen LogP) is 5.06. The fraction of sp³-hybridized carbons (Fsp3) is 0.773. The molecule has 2 fully saturated rings. The van der Waals surface area contributed by atoms with Gasteiger partial charge in [0.15, 0.2) is 0 Å². The van der Waals surface area contributed by atoms with Gasteiger partial charge in [-0.05, 0) is 57.8 Å². The molecular formula is C22H34O3. The molecule has 0 aromatic carbocycles. The number of hydrogen-bond donors (Lipinski definition) is 0. The zero-order valence-corrected chi connectivity index (χ0v) is 16.5. The molecule has 3 rings (SSSR count). The first kappa shape index (κ1) is 18.7. The van der Waals surface area contributed by atoms with Crippen molar-refractivity contribution in [3.05, 3.63) is 23.8 Å². The Morgan fingerprint density at radius 1 is 1.44 bits per heavy atom. The predicted molar refractivity (Wildman–Crippen MR) is 100 cm³/mol. The van der Waals surface area contributed by atoms with Gasteiger partial charge in [-0.15, -0.1) is 0 Å². The second kappa shape index (κ2) is 6.90. The smallest absolute Gasteiger partial charge is 0.303 e. The van der Waals surface area contributed by atoms with Crippen LogP contribution in [0.3, 0.4) is 0 Å². The fourth-order valence-electron chi connectivity index (χ4n) is 5.63. The lowest BCUT2D eigenvalue weighted by molar-refractivity contribution is -0.178. The Bertz CT molecular complexity index is 576. The standard InChI is InChI=1S/C22H34O3/c1-13(2)17-10-9-15(4)19-18-12-14(3)8-7-11-22(6,25-16(5)23)21(24-18)20(17)19/h8,13,17-21H,4,7,9-12H2,1-3,5-6H3/b14-8+/t17-,18-,19-,20-,21-,22-/m1/s1. The van der Waals surface area contributed by atoms with Crippen molar-refractivity contribution in [3.8, 4) is 0 Å². The third-order valence-electron chi connectivity index (χ3n) is 6.74. The zero-order chi connectivity index (χ0) is 18.4. The molecule has 140 valence electrons. The van der Waals surface area contributed by atoms with Crippen molar-refractivity contribution in [2.75, 3.05) is 0 Å². The number of rotatable bonds is 2. The molecule has 0 aromatic rings. The van der Waals surface area contributed by atoms with Crippen molar-refractivity contribution in [2.45, 2.75) is 84.5 Å². The average molecular weight is 347 g/mol. The van der Waals surface area contributed by atoms with Crippen molar-refractivity contribution < 1.29 is 14.3 Å². The third-order valence-corrected chi connectivity index (χ3v) is 6.74. The number of fused-ring (bicyclic) bond motifs is 5. The van der Waals surface area contributed by atoms with Crippen molar-refractivity contribution in [2.24, 2.45) is 23.7 Å². The van der Waals surface area contributed by atoms with Gasteiger partial charge >= 0.3 is 5.97 Å². The quantitative estimate of drug-likeness (QED) is 0.518. The summed E-state index contributed by atoms with van der Waals surface area (Å²) >= 11 is 0. The van der Waals surface area contributed by atoms with E-state index in [0.717, 1.165) is 25.7 Å². The zero-order valence-electron chi connectivity index (χ0n) is 16.5. The molecule has 1 saturated heterocycles. The molecule has 1 aliphatic carbocycles. The van der Waals surface area contributed by atoms with Crippen LogP contribution >= 0.6 is 0 Å². The van der Waals surface area contributed by atoms with E-state index in [-0.39, 0.29) is 18.2 Å². The van der Waals surface area contributed by atoms with E-state index in [1.54, 1.807) is 0 Å². The molecule has 2 aliphatic heterocycles. The van der Waals surface area contributed by atoms with Crippen molar-refractivity contribution in [1.29, 1.82) is 0 Å². The number of ether oxygens (including phenoxy) is 2. The molecule has 0 unspecified atom stereocenters. The summed E-state index contributed by atoms with van der Waals surface area (Å²) in [6, 6.07) is 0. The molecule has 0 amide bonds. The number of esters is 1. The Kier molecular flexibility index (Phi) is 5.16. The van der Waals surface area contributed by atoms with Crippen molar-refractivity contribution in [1.82, 2.24) is 0 Å². The largest absolute Gasteiger partial charge is 0.457 e. The molecule has 0 spiro atoms. The number of carbonyl (C=O) groups excluding carboxylic acids is 1. The van der Waals surface area contributed by atoms with E-state index in [2.05, 4.69) is 40.3 Å². The summed E-state index contributed by atoms with van der Waals surface area (Å²) in [6.07, 6.45) is 7.45. The van der Waals surface area contributed by atoms with Gasteiger partial charge in [0.2, 0.25) is 0 Å². The molecule has 2 bridgehead atoms. The molecular weight excluding hydrogens is 312 g/mol. The molecule has 25 heavy (non-hydrogen) atoms. The first-order chi connectivity index (χ1) is 11.7. The molecule has 3 heteroatoms. The highest BCUT2D eigenvalue weighted by Crippen LogP contribution is 2.55. The Hall–Kier alpha value is -1.09. The maximum absolute atomic E-state index is 11.9. The molecule has 0 radical (unpaired) electrons. The SMILES string of the molecule is C=C1CC[C@H](C(C)C)[C@@H]2[C@H]1[C@H]1C/C(C)=C/CC[C@@](C)(OC(C)=O)[C@@H]2O1. The lowest BCUT2D eigenvalue weighted by atomic mass is 9.61. The number of carbonyl (C=O) groups is 1. The van der Waals surface area contributed by atoms with Gasteiger partial charge in [-0.2, -0.15) is 0 Å². The molecule has 6 atom stereocenters. The van der Waals surface area contributed by atoms with Gasteiger partial charge in [0, 0.05) is 18.8 Å². The lowest BCUT2D eigenvalue weighted by Crippen LogP contribution is -2.50. The maximum atomic E-state index is 11.9. The van der Waals surface area contributed by atoms with Crippen LogP contribution in [0, 0.1) is 23.7 Å². The Morgan fingerprint density at radius 2 is 2.16 bits per heavy atom. The fourth-order valence-corrected chi connectivity index (χ4v) is 5.63. The summed E-state index contributed by atoms with van der Waals surface area (Å²) < 4.78 is 12.6. The van der Waals surface area contributed by atoms with Gasteiger partial charge < -0.3 is 9.47 Å². The Morgan fingerprint density at radius 3 is 2.80 bits per heavy atom. The summed E-state index contributed by atoms with van der Waals surface area (Å²) in [4.78, 5) is 11.9. The molecule has 1 saturated carbocycles. The Labute approximate surface area is 152 Å². The monoisotopic (exact) mass is 346 g/mol. The van der Waals surface area contributed by atoms with Crippen LogP contribution in [0.25, 0.3) is 0 Å². The first-order valence-corrected chi connectivity index (χ1v) is 9.91. The number of allylic oxidation sites excluding steroid dienone is 1. The molecule has 3 aliphatic rings. The first-order valence-electron chi connectivity index (χ1n) is 9.91. The molecule has 0 aromatic heterocycles.